The lowest BCUT2D eigenvalue weighted by Gasteiger charge is -2.21. The minimum atomic E-state index is -3.22. The van der Waals surface area contributed by atoms with Crippen molar-refractivity contribution in [1.82, 2.24) is 96.2 Å². The Labute approximate surface area is 605 Å². The first-order chi connectivity index (χ1) is 47.5. The van der Waals surface area contributed by atoms with Crippen LogP contribution in [0, 0.1) is 0 Å². The highest BCUT2D eigenvalue weighted by atomic mass is 36.0. The zero-order valence-electron chi connectivity index (χ0n) is 54.4. The molecule has 0 unspecified atom stereocenters. The van der Waals surface area contributed by atoms with Crippen LogP contribution >= 0.6 is 73.7 Å². The predicted molar refractivity (Wildman–Crippen MR) is 394 cm³/mol. The van der Waals surface area contributed by atoms with Gasteiger partial charge in [0.25, 0.3) is 5.56 Å². The van der Waals surface area contributed by atoms with Gasteiger partial charge in [0.2, 0.25) is 16.5 Å². The van der Waals surface area contributed by atoms with E-state index in [1.54, 1.807) is 39.8 Å². The molecular weight excluding hydrogens is 1460 g/mol. The van der Waals surface area contributed by atoms with Gasteiger partial charge in [-0.2, -0.15) is 50.4 Å². The largest absolute Gasteiger partial charge is 0.497 e. The minimum absolute atomic E-state index is 0. The molecule has 9 aromatic heterocycles. The molecule has 0 aliphatic carbocycles. The van der Waals surface area contributed by atoms with E-state index in [9.17, 15) is 18.9 Å². The highest BCUT2D eigenvalue weighted by molar-refractivity contribution is 8.24. The fraction of sp³-hybridized carbons (Fsp3) is 0.186. The van der Waals surface area contributed by atoms with Crippen molar-refractivity contribution in [3.63, 3.8) is 0 Å². The number of rotatable bonds is 10. The van der Waals surface area contributed by atoms with Crippen LogP contribution in [-0.4, -0.2) is 179 Å². The Bertz CT molecular complexity index is 4720. The number of hydrogen-bond donors (Lipinski definition) is 8. The molecule has 11 N–H and O–H groups in total. The molecule has 0 radical (unpaired) electrons. The van der Waals surface area contributed by atoms with E-state index in [1.807, 2.05) is 149 Å². The van der Waals surface area contributed by atoms with Gasteiger partial charge in [0.15, 0.2) is 28.4 Å². The Hall–Kier alpha value is -10.9. The number of anilines is 7. The number of primary amides is 2. The third-order valence-corrected chi connectivity index (χ3v) is 12.4. The van der Waals surface area contributed by atoms with Crippen LogP contribution in [0.1, 0.15) is 17.8 Å². The van der Waals surface area contributed by atoms with Crippen LogP contribution in [0.2, 0.25) is 15.7 Å². The second kappa shape index (κ2) is 42.8. The van der Waals surface area contributed by atoms with E-state index < -0.39 is 28.4 Å². The Kier molecular flexibility index (Phi) is 35.7. The van der Waals surface area contributed by atoms with Gasteiger partial charge in [-0.25, -0.2) is 19.4 Å². The van der Waals surface area contributed by atoms with Crippen LogP contribution in [-0.2, 0) is 4.57 Å². The van der Waals surface area contributed by atoms with Crippen molar-refractivity contribution < 1.29 is 33.5 Å². The van der Waals surface area contributed by atoms with E-state index >= 15 is 0 Å². The number of halogens is 6. The molecule has 0 saturated carbocycles. The Morgan fingerprint density at radius 1 is 0.535 bits per heavy atom. The SMILES string of the molecule is C.CNC.CNc1ccc(OC)cc1.COc1ccc(N(C)c2nc(Cl)nc3nnccc23)cc1.COc1ccc(N(C)c2nc(N(C)C)nc3nnccc23)cc1.Clc1nc(Cl)c2ccnnc2n1.NC(N)=O.Nc1nnccc1C(=O)O.O=P(Cl)(Cl)Cl.O=c1[nH]c(=O)c2ccnnc2[nH]1. The fourth-order valence-corrected chi connectivity index (χ4v) is 7.88. The van der Waals surface area contributed by atoms with Gasteiger partial charge in [0.1, 0.15) is 39.6 Å². The van der Waals surface area contributed by atoms with Crippen molar-refractivity contribution in [2.75, 3.05) is 96.4 Å². The molecule has 0 fully saturated rings. The number of amides is 2. The molecule has 42 heteroatoms. The summed E-state index contributed by atoms with van der Waals surface area (Å²) in [5, 5.41) is 51.1. The normalized spacial score (nSPS) is 9.90. The number of benzene rings is 3. The highest BCUT2D eigenvalue weighted by Gasteiger charge is 2.17. The quantitative estimate of drug-likeness (QED) is 0.0358. The molecule has 0 aliphatic rings. The number of fused-ring (bicyclic) bond motifs is 4. The van der Waals surface area contributed by atoms with Gasteiger partial charge >= 0.3 is 22.9 Å². The van der Waals surface area contributed by atoms with Gasteiger partial charge in [-0.1, -0.05) is 19.0 Å². The standard InChI is InChI=1S/C16H18N6O.C14H12ClN5O.C8H11NO.C6H2Cl2N4.C6H4N4O2.C5H5N3O2.C2H7N.CH4N2O.CH4.Cl3OP/c1-21(2)16-18-14-13(9-10-17-20-14)15(19-16)22(3)11-5-7-12(23-4)8-6-11;1-20(9-3-5-10(21-2)6-4-9)13-11-7-8-16-19-12(11)17-14(15)18-13;1-9-7-3-5-8(10-2)6-4-7;7-4-3-1-2-9-12-5(3)11-6(8)10-4;11-5-3-1-2-7-10-4(3)8-6(12)9-5;6-4-3(5(9)10)1-2-7-8-4;1-3-2;2-1(3)4;;1-5(2,3)4/h5-10H,1-4H3;3-8H,1-2H3;3-6,9H,1-2H3;1-2H;1-2H,(H2,8,9,10,11,12);1-2H,(H2,6,8)(H,9,10);3H,1-2H3;(H4,2,3,4);1H4;. The number of aromatic amines is 2. The summed E-state index contributed by atoms with van der Waals surface area (Å²) in [6, 6.07) is 30.6. The number of ether oxygens (including phenoxy) is 3. The maximum Gasteiger partial charge on any atom is 0.339 e. The fourth-order valence-electron chi connectivity index (χ4n) is 7.28. The van der Waals surface area contributed by atoms with Crippen molar-refractivity contribution in [2.45, 2.75) is 7.43 Å². The van der Waals surface area contributed by atoms with Crippen molar-refractivity contribution in [3.05, 3.63) is 176 Å². The summed E-state index contributed by atoms with van der Waals surface area (Å²) in [5.74, 6) is 3.39. The van der Waals surface area contributed by atoms with Crippen LogP contribution in [0.5, 0.6) is 17.2 Å². The molecule has 534 valence electrons. The molecule has 35 nitrogen and oxygen atoms in total. The molecule has 12 rings (SSSR count). The molecular formula is C59H67Cl6N26O9P. The lowest BCUT2D eigenvalue weighted by molar-refractivity contribution is 0.0697. The van der Waals surface area contributed by atoms with Gasteiger partial charge in [-0.05, 0) is 174 Å². The van der Waals surface area contributed by atoms with Crippen LogP contribution in [0.25, 0.3) is 44.1 Å². The van der Waals surface area contributed by atoms with Gasteiger partial charge in [0.05, 0.1) is 73.9 Å². The lowest BCUT2D eigenvalue weighted by atomic mass is 10.2. The van der Waals surface area contributed by atoms with E-state index in [4.69, 9.17) is 64.6 Å². The Balaban J connectivity index is 0.000000312. The molecule has 2 amide bonds. The van der Waals surface area contributed by atoms with Crippen molar-refractivity contribution in [3.8, 4) is 17.2 Å². The molecule has 0 saturated heterocycles. The monoisotopic (exact) mass is 1520 g/mol. The summed E-state index contributed by atoms with van der Waals surface area (Å²) >= 11 is 31.1. The second-order valence-corrected chi connectivity index (χ2v) is 26.5. The van der Waals surface area contributed by atoms with Crippen LogP contribution in [0.3, 0.4) is 0 Å². The maximum absolute atomic E-state index is 11.1. The first kappa shape index (κ1) is 84.3. The average Bonchev–Trinajstić information content (AvgIpc) is 0.797. The van der Waals surface area contributed by atoms with Gasteiger partial charge in [-0.15, -0.1) is 25.5 Å². The molecule has 12 aromatic rings. The number of nitrogens with zero attached hydrogens (tertiary/aromatic N) is 19. The van der Waals surface area contributed by atoms with Gasteiger partial charge in [-0.3, -0.25) is 19.3 Å². The minimum Gasteiger partial charge on any atom is -0.497 e. The van der Waals surface area contributed by atoms with E-state index in [0.29, 0.717) is 44.6 Å². The van der Waals surface area contributed by atoms with Crippen molar-refractivity contribution in [2.24, 2.45) is 11.5 Å². The molecule has 9 heterocycles. The van der Waals surface area contributed by atoms with Crippen molar-refractivity contribution in [1.29, 1.82) is 0 Å². The molecule has 3 aromatic carbocycles. The number of aromatic nitrogens is 18. The first-order valence-corrected chi connectivity index (χ1v) is 33.4. The third kappa shape index (κ3) is 28.5. The third-order valence-electron chi connectivity index (χ3n) is 11.7. The Morgan fingerprint density at radius 2 is 0.911 bits per heavy atom. The number of carboxylic acids is 1. The highest BCUT2D eigenvalue weighted by Crippen LogP contribution is 2.61. The molecule has 0 atom stereocenters. The molecule has 0 aliphatic heterocycles. The zero-order valence-corrected chi connectivity index (χ0v) is 59.8. The maximum atomic E-state index is 11.1. The van der Waals surface area contributed by atoms with E-state index in [-0.39, 0.29) is 35.0 Å². The smallest absolute Gasteiger partial charge is 0.339 e. The number of carbonyl (C=O) groups excluding carboxylic acids is 1. The second-order valence-electron chi connectivity index (χ2n) is 18.8. The number of hydrogen-bond acceptors (Lipinski definition) is 30. The lowest BCUT2D eigenvalue weighted by Crippen LogP contribution is -2.22. The number of carboxylic acid groups (broad SMARTS) is 1. The molecule has 0 bridgehead atoms. The summed E-state index contributed by atoms with van der Waals surface area (Å²) in [6.45, 7) is 0. The number of nitrogens with two attached hydrogens (primary N) is 3. The van der Waals surface area contributed by atoms with Crippen LogP contribution in [0.15, 0.2) is 144 Å². The van der Waals surface area contributed by atoms with E-state index in [0.717, 1.165) is 50.9 Å². The number of urea groups is 1. The zero-order chi connectivity index (χ0) is 74.1. The number of methoxy groups -OCH3 is 3. The average molecular weight is 1530 g/mol. The first-order valence-electron chi connectivity index (χ1n) is 27.8. The van der Waals surface area contributed by atoms with Gasteiger partial charge < -0.3 is 61.9 Å². The van der Waals surface area contributed by atoms with E-state index in [1.165, 1.54) is 30.7 Å². The molecule has 101 heavy (non-hydrogen) atoms. The van der Waals surface area contributed by atoms with Gasteiger partial charge in [0, 0.05) is 52.3 Å². The summed E-state index contributed by atoms with van der Waals surface area (Å²) < 4.78 is 24.9. The summed E-state index contributed by atoms with van der Waals surface area (Å²) in [5.41, 5.74) is 17.3. The van der Waals surface area contributed by atoms with Crippen molar-refractivity contribution >= 4 is 170 Å². The van der Waals surface area contributed by atoms with E-state index in [2.05, 4.69) is 147 Å². The predicted octanol–water partition coefficient (Wildman–Crippen LogP) is 9.65. The van der Waals surface area contributed by atoms with Crippen LogP contribution < -0.4 is 68.0 Å². The number of aromatic carboxylic acids is 1. The number of nitrogens with one attached hydrogen (secondary N) is 4. The summed E-state index contributed by atoms with van der Waals surface area (Å²) in [6.07, 6.45) is 7.43. The Morgan fingerprint density at radius 3 is 1.33 bits per heavy atom. The van der Waals surface area contributed by atoms with Crippen LogP contribution in [0.4, 0.5) is 45.3 Å². The number of H-pyrrole nitrogens is 2. The summed E-state index contributed by atoms with van der Waals surface area (Å²) in [7, 11) is 18.2. The summed E-state index contributed by atoms with van der Waals surface area (Å²) in [4.78, 5) is 76.3. The number of carbonyl (C=O) groups is 2. The number of nitrogen functional groups attached to an aromatic ring is 1. The molecule has 0 spiro atoms. The topological polar surface area (TPSA) is 483 Å².